The number of aromatic nitrogens is 4. The third-order valence-corrected chi connectivity index (χ3v) is 6.35. The third kappa shape index (κ3) is 6.42. The van der Waals surface area contributed by atoms with Gasteiger partial charge in [-0.3, -0.25) is 19.1 Å². The summed E-state index contributed by atoms with van der Waals surface area (Å²) in [6.45, 7) is 2.11. The van der Waals surface area contributed by atoms with Crippen LogP contribution in [0.1, 0.15) is 43.0 Å². The summed E-state index contributed by atoms with van der Waals surface area (Å²) >= 11 is 1.34. The number of carbonyl (C=O) groups is 2. The molecule has 0 saturated heterocycles. The minimum absolute atomic E-state index is 0.00154. The van der Waals surface area contributed by atoms with Crippen molar-refractivity contribution < 1.29 is 9.59 Å². The van der Waals surface area contributed by atoms with E-state index in [4.69, 9.17) is 0 Å². The van der Waals surface area contributed by atoms with Gasteiger partial charge in [-0.05, 0) is 55.0 Å². The molecular weight excluding hydrogens is 458 g/mol. The number of nitrogens with one attached hydrogen (secondary N) is 1. The van der Waals surface area contributed by atoms with Crippen molar-refractivity contribution in [1.29, 1.82) is 0 Å². The van der Waals surface area contributed by atoms with E-state index in [9.17, 15) is 9.59 Å². The van der Waals surface area contributed by atoms with Gasteiger partial charge in [-0.15, -0.1) is 10.2 Å². The Hall–Kier alpha value is -3.78. The Kier molecular flexibility index (Phi) is 8.40. The first-order valence-corrected chi connectivity index (χ1v) is 12.6. The van der Waals surface area contributed by atoms with E-state index in [1.165, 1.54) is 11.8 Å². The summed E-state index contributed by atoms with van der Waals surface area (Å²) in [6.07, 6.45) is 6.94. The summed E-state index contributed by atoms with van der Waals surface area (Å²) in [5, 5.41) is 12.3. The number of amides is 1. The van der Waals surface area contributed by atoms with Gasteiger partial charge in [0.1, 0.15) is 0 Å². The van der Waals surface area contributed by atoms with E-state index in [-0.39, 0.29) is 17.4 Å². The van der Waals surface area contributed by atoms with Crippen molar-refractivity contribution in [3.63, 3.8) is 0 Å². The van der Waals surface area contributed by atoms with Crippen molar-refractivity contribution in [3.05, 3.63) is 84.7 Å². The molecule has 0 unspecified atom stereocenters. The largest absolute Gasteiger partial charge is 0.326 e. The number of benzene rings is 2. The fourth-order valence-electron chi connectivity index (χ4n) is 3.57. The molecule has 2 aromatic carbocycles. The van der Waals surface area contributed by atoms with Crippen LogP contribution >= 0.6 is 11.8 Å². The maximum atomic E-state index is 12.9. The molecule has 8 heteroatoms. The third-order valence-electron chi connectivity index (χ3n) is 5.42. The smallest absolute Gasteiger partial charge is 0.224 e. The van der Waals surface area contributed by atoms with E-state index in [0.717, 1.165) is 30.5 Å². The number of rotatable bonds is 11. The molecule has 1 N–H and O–H groups in total. The maximum Gasteiger partial charge on any atom is 0.224 e. The number of para-hydroxylation sites is 1. The molecule has 2 heterocycles. The monoisotopic (exact) mass is 485 g/mol. The van der Waals surface area contributed by atoms with Crippen LogP contribution in [-0.4, -0.2) is 37.2 Å². The van der Waals surface area contributed by atoms with Crippen LogP contribution in [0.25, 0.3) is 17.1 Å². The van der Waals surface area contributed by atoms with E-state index in [2.05, 4.69) is 27.4 Å². The van der Waals surface area contributed by atoms with E-state index < -0.39 is 0 Å². The van der Waals surface area contributed by atoms with Gasteiger partial charge in [-0.2, -0.15) is 0 Å². The van der Waals surface area contributed by atoms with Crippen molar-refractivity contribution in [2.75, 3.05) is 11.1 Å². The molecule has 1 amide bonds. The minimum atomic E-state index is -0.0242. The van der Waals surface area contributed by atoms with Crippen LogP contribution in [0.2, 0.25) is 0 Å². The summed E-state index contributed by atoms with van der Waals surface area (Å²) in [5.41, 5.74) is 3.09. The van der Waals surface area contributed by atoms with Gasteiger partial charge in [0.25, 0.3) is 0 Å². The van der Waals surface area contributed by atoms with Crippen molar-refractivity contribution in [1.82, 2.24) is 19.7 Å². The molecular formula is C27H27N5O2S. The van der Waals surface area contributed by atoms with Gasteiger partial charge in [0.15, 0.2) is 16.8 Å². The zero-order valence-corrected chi connectivity index (χ0v) is 20.4. The number of hydrogen-bond acceptors (Lipinski definition) is 6. The van der Waals surface area contributed by atoms with E-state index in [1.807, 2.05) is 47.0 Å². The van der Waals surface area contributed by atoms with Crippen molar-refractivity contribution >= 4 is 29.1 Å². The molecule has 0 aliphatic rings. The van der Waals surface area contributed by atoms with Gasteiger partial charge < -0.3 is 5.32 Å². The molecule has 0 spiro atoms. The number of unbranched alkanes of at least 4 members (excludes halogenated alkanes) is 2. The molecule has 35 heavy (non-hydrogen) atoms. The normalized spacial score (nSPS) is 10.8. The molecule has 0 saturated carbocycles. The summed E-state index contributed by atoms with van der Waals surface area (Å²) < 4.78 is 1.95. The Morgan fingerprint density at radius 1 is 0.914 bits per heavy atom. The SMILES string of the molecule is CCCCCC(=O)Nc1ccc(C(=O)CSc2nnc(-c3ccncc3)n2-c2ccccc2)cc1. The van der Waals surface area contributed by atoms with Crippen molar-refractivity contribution in [2.45, 2.75) is 37.8 Å². The molecule has 0 fully saturated rings. The number of carbonyl (C=O) groups excluding carboxylic acids is 2. The van der Waals surface area contributed by atoms with Gasteiger partial charge in [0, 0.05) is 41.3 Å². The lowest BCUT2D eigenvalue weighted by Crippen LogP contribution is -2.11. The zero-order chi connectivity index (χ0) is 24.5. The number of nitrogens with zero attached hydrogens (tertiary/aromatic N) is 4. The predicted molar refractivity (Wildman–Crippen MR) is 139 cm³/mol. The Morgan fingerprint density at radius 3 is 2.37 bits per heavy atom. The lowest BCUT2D eigenvalue weighted by molar-refractivity contribution is -0.116. The second-order valence-electron chi connectivity index (χ2n) is 8.01. The van der Waals surface area contributed by atoms with Gasteiger partial charge in [-0.25, -0.2) is 0 Å². The molecule has 0 aliphatic heterocycles. The first-order valence-electron chi connectivity index (χ1n) is 11.6. The highest BCUT2D eigenvalue weighted by Crippen LogP contribution is 2.28. The van der Waals surface area contributed by atoms with Crippen molar-refractivity contribution in [3.8, 4) is 17.1 Å². The Balaban J connectivity index is 1.45. The average Bonchev–Trinajstić information content (AvgIpc) is 3.33. The molecule has 2 aromatic heterocycles. The Labute approximate surface area is 209 Å². The molecule has 7 nitrogen and oxygen atoms in total. The van der Waals surface area contributed by atoms with Gasteiger partial charge in [0.2, 0.25) is 5.91 Å². The molecule has 178 valence electrons. The number of ketones is 1. The second-order valence-corrected chi connectivity index (χ2v) is 8.95. The molecule has 0 bridgehead atoms. The van der Waals surface area contributed by atoms with Gasteiger partial charge in [-0.1, -0.05) is 49.7 Å². The van der Waals surface area contributed by atoms with Crippen LogP contribution < -0.4 is 5.32 Å². The minimum Gasteiger partial charge on any atom is -0.326 e. The molecule has 0 atom stereocenters. The zero-order valence-electron chi connectivity index (χ0n) is 19.6. The highest BCUT2D eigenvalue weighted by atomic mass is 32.2. The highest BCUT2D eigenvalue weighted by Gasteiger charge is 2.17. The van der Waals surface area contributed by atoms with Crippen LogP contribution in [0.15, 0.2) is 84.3 Å². The van der Waals surface area contributed by atoms with Crippen LogP contribution in [0.5, 0.6) is 0 Å². The van der Waals surface area contributed by atoms with Crippen LogP contribution in [0.3, 0.4) is 0 Å². The summed E-state index contributed by atoms with van der Waals surface area (Å²) in [5.74, 6) is 0.874. The number of Topliss-reactive ketones (excluding diaryl/α,β-unsaturated/α-hetero) is 1. The van der Waals surface area contributed by atoms with Crippen molar-refractivity contribution in [2.24, 2.45) is 0 Å². The summed E-state index contributed by atoms with van der Waals surface area (Å²) in [6, 6.07) is 20.6. The Bertz CT molecular complexity index is 1260. The standard InChI is InChI=1S/C27H27N5O2S/c1-2-3-5-10-25(34)29-22-13-11-20(12-14-22)24(33)19-35-27-31-30-26(21-15-17-28-18-16-21)32(27)23-8-6-4-7-9-23/h4,6-9,11-18H,2-3,5,10,19H2,1H3,(H,29,34). The maximum absolute atomic E-state index is 12.9. The number of hydrogen-bond donors (Lipinski definition) is 1. The summed E-state index contributed by atoms with van der Waals surface area (Å²) in [7, 11) is 0. The number of thioether (sulfide) groups is 1. The Morgan fingerprint density at radius 2 is 1.66 bits per heavy atom. The highest BCUT2D eigenvalue weighted by molar-refractivity contribution is 7.99. The summed E-state index contributed by atoms with van der Waals surface area (Å²) in [4.78, 5) is 29.0. The lowest BCUT2D eigenvalue weighted by Gasteiger charge is -2.10. The number of pyridine rings is 1. The first kappa shape index (κ1) is 24.3. The lowest BCUT2D eigenvalue weighted by atomic mass is 10.1. The van der Waals surface area contributed by atoms with E-state index in [0.29, 0.717) is 28.7 Å². The van der Waals surface area contributed by atoms with E-state index >= 15 is 0 Å². The second kappa shape index (κ2) is 12.1. The number of anilines is 1. The van der Waals surface area contributed by atoms with Gasteiger partial charge in [0.05, 0.1) is 5.75 Å². The molecule has 4 rings (SSSR count). The molecule has 4 aromatic rings. The fraction of sp³-hybridized carbons (Fsp3) is 0.222. The quantitative estimate of drug-likeness (QED) is 0.163. The fourth-order valence-corrected chi connectivity index (χ4v) is 4.42. The molecule has 0 aliphatic carbocycles. The van der Waals surface area contributed by atoms with Gasteiger partial charge >= 0.3 is 0 Å². The predicted octanol–water partition coefficient (Wildman–Crippen LogP) is 5.82. The van der Waals surface area contributed by atoms with Crippen LogP contribution in [-0.2, 0) is 4.79 Å². The van der Waals surface area contributed by atoms with Crippen LogP contribution in [0.4, 0.5) is 5.69 Å². The molecule has 0 radical (unpaired) electrons. The van der Waals surface area contributed by atoms with Crippen LogP contribution in [0, 0.1) is 0 Å². The first-order chi connectivity index (χ1) is 17.2. The average molecular weight is 486 g/mol. The topological polar surface area (TPSA) is 89.8 Å². The van der Waals surface area contributed by atoms with E-state index in [1.54, 1.807) is 36.7 Å².